The molecule has 1 nitrogen and oxygen atoms in total. The first-order valence-electron chi connectivity index (χ1n) is 3.72. The molecule has 0 amide bonds. The molecule has 0 aliphatic rings. The molecule has 0 unspecified atom stereocenters. The summed E-state index contributed by atoms with van der Waals surface area (Å²) < 4.78 is 0.857. The molecule has 0 heterocycles. The van der Waals surface area contributed by atoms with E-state index in [1.54, 1.807) is 12.1 Å². The highest BCUT2D eigenvalue weighted by Crippen LogP contribution is 2.22. The van der Waals surface area contributed by atoms with Crippen LogP contribution < -0.4 is 0 Å². The molecular weight excluding hydrogens is 251 g/mol. The van der Waals surface area contributed by atoms with E-state index < -0.39 is 0 Å². The van der Waals surface area contributed by atoms with Crippen LogP contribution in [0.3, 0.4) is 0 Å². The number of rotatable bonds is 3. The smallest absolute Gasteiger partial charge is 0.159 e. The number of hydrogen-bond acceptors (Lipinski definition) is 1. The van der Waals surface area contributed by atoms with Gasteiger partial charge in [0, 0.05) is 15.9 Å². The van der Waals surface area contributed by atoms with Crippen molar-refractivity contribution < 1.29 is 4.79 Å². The maximum Gasteiger partial charge on any atom is 0.159 e. The normalized spacial score (nSPS) is 9.69. The highest BCUT2D eigenvalue weighted by atomic mass is 79.9. The van der Waals surface area contributed by atoms with E-state index in [0.29, 0.717) is 11.4 Å². The van der Waals surface area contributed by atoms with Gasteiger partial charge in [0.15, 0.2) is 5.78 Å². The summed E-state index contributed by atoms with van der Waals surface area (Å²) in [5.74, 6) is 0.00280. The quantitative estimate of drug-likeness (QED) is 0.761. The number of carbonyl (C=O) groups excluding carboxylic acids is 1. The average molecular weight is 260 g/mol. The number of ketones is 1. The van der Waals surface area contributed by atoms with Crippen molar-refractivity contribution in [1.29, 1.82) is 0 Å². The zero-order valence-electron chi connectivity index (χ0n) is 6.89. The molecule has 1 aromatic carbocycles. The lowest BCUT2D eigenvalue weighted by atomic mass is 10.1. The molecule has 13 heavy (non-hydrogen) atoms. The lowest BCUT2D eigenvalue weighted by molar-refractivity contribution is -0.114. The number of allylic oxidation sites excluding steroid dienone is 1. The molecular formula is C10H8BrClO. The second-order valence-electron chi connectivity index (χ2n) is 2.58. The van der Waals surface area contributed by atoms with Gasteiger partial charge >= 0.3 is 0 Å². The molecule has 0 radical (unpaired) electrons. The van der Waals surface area contributed by atoms with Gasteiger partial charge in [-0.15, -0.1) is 0 Å². The topological polar surface area (TPSA) is 17.1 Å². The van der Waals surface area contributed by atoms with Crippen LogP contribution in [0.2, 0.25) is 5.02 Å². The molecule has 0 spiro atoms. The van der Waals surface area contributed by atoms with Gasteiger partial charge in [-0.2, -0.15) is 0 Å². The lowest BCUT2D eigenvalue weighted by Crippen LogP contribution is -1.98. The van der Waals surface area contributed by atoms with E-state index in [1.165, 1.54) is 6.08 Å². The summed E-state index contributed by atoms with van der Waals surface area (Å²) in [6, 6.07) is 5.36. The van der Waals surface area contributed by atoms with E-state index in [2.05, 4.69) is 22.5 Å². The Hall–Kier alpha value is -0.600. The minimum Gasteiger partial charge on any atom is -0.295 e. The number of halogens is 2. The number of hydrogen-bond donors (Lipinski definition) is 0. The molecule has 1 rings (SSSR count). The third-order valence-electron chi connectivity index (χ3n) is 1.61. The third kappa shape index (κ3) is 2.98. The molecule has 3 heteroatoms. The van der Waals surface area contributed by atoms with Gasteiger partial charge in [-0.1, -0.05) is 40.2 Å². The molecule has 0 saturated carbocycles. The second kappa shape index (κ2) is 4.58. The van der Waals surface area contributed by atoms with Crippen LogP contribution in [0.1, 0.15) is 5.56 Å². The van der Waals surface area contributed by atoms with Crippen molar-refractivity contribution in [2.75, 3.05) is 0 Å². The molecule has 0 N–H and O–H groups in total. The Bertz CT molecular complexity index is 347. The van der Waals surface area contributed by atoms with Gasteiger partial charge in [0.1, 0.15) is 0 Å². The lowest BCUT2D eigenvalue weighted by Gasteiger charge is -2.01. The van der Waals surface area contributed by atoms with Crippen molar-refractivity contribution in [3.05, 3.63) is 45.9 Å². The maximum absolute atomic E-state index is 11.0. The maximum atomic E-state index is 11.0. The Balaban J connectivity index is 2.89. The third-order valence-corrected chi connectivity index (χ3v) is 2.58. The first-order valence-corrected chi connectivity index (χ1v) is 4.90. The summed E-state index contributed by atoms with van der Waals surface area (Å²) in [4.78, 5) is 11.0. The van der Waals surface area contributed by atoms with Gasteiger partial charge < -0.3 is 0 Å². The highest BCUT2D eigenvalue weighted by molar-refractivity contribution is 9.10. The van der Waals surface area contributed by atoms with Crippen molar-refractivity contribution in [2.24, 2.45) is 0 Å². The summed E-state index contributed by atoms with van der Waals surface area (Å²) in [5, 5.41) is 0.654. The van der Waals surface area contributed by atoms with Crippen LogP contribution in [0, 0.1) is 0 Å². The van der Waals surface area contributed by atoms with Crippen LogP contribution >= 0.6 is 27.5 Å². The van der Waals surface area contributed by atoms with Crippen molar-refractivity contribution in [2.45, 2.75) is 6.42 Å². The highest BCUT2D eigenvalue weighted by Gasteiger charge is 2.03. The fourth-order valence-corrected chi connectivity index (χ4v) is 1.75. The Morgan fingerprint density at radius 3 is 2.85 bits per heavy atom. The van der Waals surface area contributed by atoms with E-state index in [4.69, 9.17) is 11.6 Å². The molecule has 0 atom stereocenters. The molecule has 0 bridgehead atoms. The summed E-state index contributed by atoms with van der Waals surface area (Å²) in [7, 11) is 0. The van der Waals surface area contributed by atoms with Crippen LogP contribution in [0.15, 0.2) is 35.3 Å². The molecule has 0 aliphatic heterocycles. The summed E-state index contributed by atoms with van der Waals surface area (Å²) in [6.07, 6.45) is 1.68. The van der Waals surface area contributed by atoms with E-state index in [0.717, 1.165) is 10.0 Å². The largest absolute Gasteiger partial charge is 0.295 e. The molecule has 68 valence electrons. The summed E-state index contributed by atoms with van der Waals surface area (Å²) in [6.45, 7) is 3.41. The zero-order valence-corrected chi connectivity index (χ0v) is 9.23. The predicted molar refractivity (Wildman–Crippen MR) is 58.1 cm³/mol. The standard InChI is InChI=1S/C10H8BrClO/c1-2-9(13)5-7-3-4-8(12)6-10(7)11/h2-4,6H,1,5H2. The van der Waals surface area contributed by atoms with Crippen LogP contribution in [0.25, 0.3) is 0 Å². The molecule has 0 aromatic heterocycles. The van der Waals surface area contributed by atoms with Crippen LogP contribution in [0.4, 0.5) is 0 Å². The Kier molecular flexibility index (Phi) is 3.70. The summed E-state index contributed by atoms with van der Waals surface area (Å²) >= 11 is 9.09. The SMILES string of the molecule is C=CC(=O)Cc1ccc(Cl)cc1Br. The van der Waals surface area contributed by atoms with Crippen LogP contribution in [-0.2, 0) is 11.2 Å². The van der Waals surface area contributed by atoms with Gasteiger partial charge in [0.05, 0.1) is 0 Å². The Morgan fingerprint density at radius 1 is 1.62 bits per heavy atom. The van der Waals surface area contributed by atoms with E-state index in [-0.39, 0.29) is 5.78 Å². The van der Waals surface area contributed by atoms with Gasteiger partial charge in [-0.05, 0) is 23.8 Å². The molecule has 1 aromatic rings. The molecule has 0 fully saturated rings. The minimum absolute atomic E-state index is 0.00280. The Morgan fingerprint density at radius 2 is 2.31 bits per heavy atom. The predicted octanol–water partition coefficient (Wildman–Crippen LogP) is 3.40. The van der Waals surface area contributed by atoms with Crippen LogP contribution in [-0.4, -0.2) is 5.78 Å². The van der Waals surface area contributed by atoms with Crippen molar-refractivity contribution in [3.63, 3.8) is 0 Å². The van der Waals surface area contributed by atoms with Crippen molar-refractivity contribution >= 4 is 33.3 Å². The fourth-order valence-electron chi connectivity index (χ4n) is 0.925. The first-order chi connectivity index (χ1) is 6.13. The van der Waals surface area contributed by atoms with Crippen molar-refractivity contribution in [1.82, 2.24) is 0 Å². The zero-order chi connectivity index (χ0) is 9.84. The van der Waals surface area contributed by atoms with Crippen LogP contribution in [0.5, 0.6) is 0 Å². The molecule has 0 saturated heterocycles. The molecule has 0 aliphatic carbocycles. The van der Waals surface area contributed by atoms with E-state index >= 15 is 0 Å². The first kappa shape index (κ1) is 10.5. The second-order valence-corrected chi connectivity index (χ2v) is 3.87. The van der Waals surface area contributed by atoms with Gasteiger partial charge in [-0.3, -0.25) is 4.79 Å². The fraction of sp³-hybridized carbons (Fsp3) is 0.100. The van der Waals surface area contributed by atoms with Gasteiger partial charge in [-0.25, -0.2) is 0 Å². The number of benzene rings is 1. The minimum atomic E-state index is 0.00280. The monoisotopic (exact) mass is 258 g/mol. The average Bonchev–Trinajstić information content (AvgIpc) is 2.09. The Labute approximate surface area is 90.5 Å². The van der Waals surface area contributed by atoms with E-state index in [9.17, 15) is 4.79 Å². The number of carbonyl (C=O) groups is 1. The van der Waals surface area contributed by atoms with Gasteiger partial charge in [0.2, 0.25) is 0 Å². The summed E-state index contributed by atoms with van der Waals surface area (Å²) in [5.41, 5.74) is 0.925. The van der Waals surface area contributed by atoms with Gasteiger partial charge in [0.25, 0.3) is 0 Å². The van der Waals surface area contributed by atoms with Crippen molar-refractivity contribution in [3.8, 4) is 0 Å². The van der Waals surface area contributed by atoms with E-state index in [1.807, 2.05) is 6.07 Å².